The molecule has 0 unspecified atom stereocenters. The maximum Gasteiger partial charge on any atom is 0.282 e. The molecule has 1 aromatic rings. The van der Waals surface area contributed by atoms with Crippen molar-refractivity contribution in [2.45, 2.75) is 12.8 Å². The molecule has 2 heterocycles. The Morgan fingerprint density at radius 3 is 2.71 bits per heavy atom. The van der Waals surface area contributed by atoms with Gasteiger partial charge in [0.1, 0.15) is 11.3 Å². The van der Waals surface area contributed by atoms with Gasteiger partial charge in [0, 0.05) is 0 Å². The van der Waals surface area contributed by atoms with E-state index in [9.17, 15) is 13.6 Å². The van der Waals surface area contributed by atoms with Crippen LogP contribution in [0.1, 0.15) is 16.1 Å². The van der Waals surface area contributed by atoms with Crippen LogP contribution in [0.2, 0.25) is 0 Å². The van der Waals surface area contributed by atoms with Crippen LogP contribution in [0.4, 0.5) is 8.78 Å². The summed E-state index contributed by atoms with van der Waals surface area (Å²) in [5.41, 5.74) is 0.250. The van der Waals surface area contributed by atoms with Crippen molar-refractivity contribution in [3.8, 4) is 0 Å². The second-order valence-electron chi connectivity index (χ2n) is 3.31. The quantitative estimate of drug-likeness (QED) is 0.684. The topological polar surface area (TPSA) is 46.3 Å². The number of halogens is 2. The van der Waals surface area contributed by atoms with Crippen molar-refractivity contribution in [2.24, 2.45) is 0 Å². The molecule has 76 valence electrons. The number of hydrogen-bond acceptors (Lipinski definition) is 3. The molecule has 0 spiro atoms. The molecule has 1 amide bonds. The summed E-state index contributed by atoms with van der Waals surface area (Å²) >= 11 is 0. The van der Waals surface area contributed by atoms with Gasteiger partial charge in [0.25, 0.3) is 11.8 Å². The first-order valence-electron chi connectivity index (χ1n) is 4.08. The second kappa shape index (κ2) is 2.76. The Hall–Kier alpha value is -1.46. The van der Waals surface area contributed by atoms with Crippen LogP contribution in [0.15, 0.2) is 10.7 Å². The van der Waals surface area contributed by atoms with Gasteiger partial charge in [0.2, 0.25) is 0 Å². The van der Waals surface area contributed by atoms with Crippen LogP contribution in [-0.4, -0.2) is 35.0 Å². The molecule has 2 rings (SSSR count). The standard InChI is InChI=1S/C8H8F2N2O2/c1-5-6(2-11-14-5)7(13)12-3-8(9,10)4-12/h2H,3-4H2,1H3. The van der Waals surface area contributed by atoms with E-state index >= 15 is 0 Å². The highest BCUT2D eigenvalue weighted by Gasteiger charge is 2.46. The Kier molecular flexibility index (Phi) is 1.80. The summed E-state index contributed by atoms with van der Waals surface area (Å²) in [6.07, 6.45) is 1.24. The van der Waals surface area contributed by atoms with Crippen molar-refractivity contribution in [2.75, 3.05) is 13.1 Å². The maximum absolute atomic E-state index is 12.5. The zero-order valence-corrected chi connectivity index (χ0v) is 7.46. The highest BCUT2D eigenvalue weighted by molar-refractivity contribution is 5.95. The lowest BCUT2D eigenvalue weighted by Gasteiger charge is -2.38. The van der Waals surface area contributed by atoms with Crippen LogP contribution in [0, 0.1) is 6.92 Å². The first-order chi connectivity index (χ1) is 6.49. The number of aromatic nitrogens is 1. The SMILES string of the molecule is Cc1oncc1C(=O)N1CC(F)(F)C1. The zero-order valence-electron chi connectivity index (χ0n) is 7.46. The number of hydrogen-bond donors (Lipinski definition) is 0. The molecule has 1 aliphatic heterocycles. The molecule has 1 fully saturated rings. The van der Waals surface area contributed by atoms with Crippen molar-refractivity contribution in [1.82, 2.24) is 10.1 Å². The van der Waals surface area contributed by atoms with Crippen LogP contribution in [0.25, 0.3) is 0 Å². The number of aryl methyl sites for hydroxylation is 1. The molecule has 1 aromatic heterocycles. The third-order valence-electron chi connectivity index (χ3n) is 2.11. The average molecular weight is 202 g/mol. The summed E-state index contributed by atoms with van der Waals surface area (Å²) in [5.74, 6) is -2.83. The van der Waals surface area contributed by atoms with Gasteiger partial charge in [-0.15, -0.1) is 0 Å². The summed E-state index contributed by atoms with van der Waals surface area (Å²) in [7, 11) is 0. The third-order valence-corrected chi connectivity index (χ3v) is 2.11. The average Bonchev–Trinajstić information content (AvgIpc) is 2.45. The van der Waals surface area contributed by atoms with E-state index < -0.39 is 24.9 Å². The number of likely N-dealkylation sites (tertiary alicyclic amines) is 1. The molecule has 0 bridgehead atoms. The third kappa shape index (κ3) is 1.36. The number of alkyl halides is 2. The lowest BCUT2D eigenvalue weighted by atomic mass is 10.1. The maximum atomic E-state index is 12.5. The number of rotatable bonds is 1. The number of nitrogens with zero attached hydrogens (tertiary/aromatic N) is 2. The van der Waals surface area contributed by atoms with E-state index in [0.717, 1.165) is 4.90 Å². The van der Waals surface area contributed by atoms with Crippen molar-refractivity contribution >= 4 is 5.91 Å². The molecule has 0 radical (unpaired) electrons. The minimum Gasteiger partial charge on any atom is -0.361 e. The normalized spacial score (nSPS) is 19.2. The highest BCUT2D eigenvalue weighted by atomic mass is 19.3. The lowest BCUT2D eigenvalue weighted by molar-refractivity contribution is -0.113. The molecule has 0 saturated carbocycles. The van der Waals surface area contributed by atoms with Gasteiger partial charge in [0.05, 0.1) is 19.3 Å². The second-order valence-corrected chi connectivity index (χ2v) is 3.31. The van der Waals surface area contributed by atoms with Crippen LogP contribution in [0.5, 0.6) is 0 Å². The highest BCUT2D eigenvalue weighted by Crippen LogP contribution is 2.28. The Labute approximate surface area is 78.5 Å². The van der Waals surface area contributed by atoms with Gasteiger partial charge in [-0.25, -0.2) is 8.78 Å². The largest absolute Gasteiger partial charge is 0.361 e. The molecule has 0 aliphatic carbocycles. The fourth-order valence-corrected chi connectivity index (χ4v) is 1.33. The monoisotopic (exact) mass is 202 g/mol. The molecule has 0 N–H and O–H groups in total. The Bertz CT molecular complexity index is 367. The molecular weight excluding hydrogens is 194 g/mol. The number of carbonyl (C=O) groups is 1. The Balaban J connectivity index is 2.08. The zero-order chi connectivity index (χ0) is 10.3. The van der Waals surface area contributed by atoms with E-state index in [1.807, 2.05) is 0 Å². The van der Waals surface area contributed by atoms with E-state index in [2.05, 4.69) is 9.68 Å². The molecule has 1 saturated heterocycles. The van der Waals surface area contributed by atoms with Gasteiger partial charge in [-0.1, -0.05) is 5.16 Å². The summed E-state index contributed by atoms with van der Waals surface area (Å²) in [4.78, 5) is 12.6. The van der Waals surface area contributed by atoms with E-state index in [4.69, 9.17) is 0 Å². The predicted molar refractivity (Wildman–Crippen MR) is 42.1 cm³/mol. The van der Waals surface area contributed by atoms with Gasteiger partial charge >= 0.3 is 0 Å². The van der Waals surface area contributed by atoms with Gasteiger partial charge in [-0.3, -0.25) is 4.79 Å². The summed E-state index contributed by atoms with van der Waals surface area (Å²) in [6.45, 7) is 0.533. The fourth-order valence-electron chi connectivity index (χ4n) is 1.33. The van der Waals surface area contributed by atoms with E-state index in [-0.39, 0.29) is 5.56 Å². The first kappa shape index (κ1) is 9.11. The number of carbonyl (C=O) groups excluding carboxylic acids is 1. The van der Waals surface area contributed by atoms with Crippen molar-refractivity contribution < 1.29 is 18.1 Å². The minimum absolute atomic E-state index is 0.250. The summed E-state index contributed by atoms with van der Waals surface area (Å²) in [6, 6.07) is 0. The molecule has 1 aliphatic rings. The van der Waals surface area contributed by atoms with Crippen molar-refractivity contribution in [3.05, 3.63) is 17.5 Å². The van der Waals surface area contributed by atoms with Crippen molar-refractivity contribution in [3.63, 3.8) is 0 Å². The van der Waals surface area contributed by atoms with E-state index in [1.165, 1.54) is 6.20 Å². The molecule has 0 aromatic carbocycles. The van der Waals surface area contributed by atoms with E-state index in [1.54, 1.807) is 6.92 Å². The molecule has 6 heteroatoms. The van der Waals surface area contributed by atoms with Gasteiger partial charge in [-0.2, -0.15) is 0 Å². The molecule has 14 heavy (non-hydrogen) atoms. The molecular formula is C8H8F2N2O2. The van der Waals surface area contributed by atoms with Crippen molar-refractivity contribution in [1.29, 1.82) is 0 Å². The van der Waals surface area contributed by atoms with Crippen LogP contribution in [0.3, 0.4) is 0 Å². The minimum atomic E-state index is -2.74. The first-order valence-corrected chi connectivity index (χ1v) is 4.08. The summed E-state index contributed by atoms with van der Waals surface area (Å²) in [5, 5.41) is 3.41. The van der Waals surface area contributed by atoms with Gasteiger partial charge in [-0.05, 0) is 6.92 Å². The predicted octanol–water partition coefficient (Wildman–Crippen LogP) is 1.07. The Morgan fingerprint density at radius 2 is 2.29 bits per heavy atom. The van der Waals surface area contributed by atoms with Crippen LogP contribution >= 0.6 is 0 Å². The molecule has 4 nitrogen and oxygen atoms in total. The van der Waals surface area contributed by atoms with Crippen LogP contribution in [-0.2, 0) is 0 Å². The van der Waals surface area contributed by atoms with Gasteiger partial charge < -0.3 is 9.42 Å². The summed E-state index contributed by atoms with van der Waals surface area (Å²) < 4.78 is 29.6. The molecule has 0 atom stereocenters. The smallest absolute Gasteiger partial charge is 0.282 e. The van der Waals surface area contributed by atoms with E-state index in [0.29, 0.717) is 5.76 Å². The Morgan fingerprint density at radius 1 is 1.64 bits per heavy atom. The fraction of sp³-hybridized carbons (Fsp3) is 0.500. The van der Waals surface area contributed by atoms with Gasteiger partial charge in [0.15, 0.2) is 0 Å². The number of amides is 1. The van der Waals surface area contributed by atoms with Crippen LogP contribution < -0.4 is 0 Å². The lowest BCUT2D eigenvalue weighted by Crippen LogP contribution is -2.58.